The SMILES string of the molecule is Cc1cnc(-c2nnc([C@H]3CCN(Cc4ccc(F)c(F)c4)C3)o2)cn1. The van der Waals surface area contributed by atoms with Crippen LogP contribution in [0.2, 0.25) is 0 Å². The van der Waals surface area contributed by atoms with Gasteiger partial charge in [0.15, 0.2) is 11.6 Å². The van der Waals surface area contributed by atoms with Crippen LogP contribution in [0, 0.1) is 18.6 Å². The summed E-state index contributed by atoms with van der Waals surface area (Å²) in [5.41, 5.74) is 2.11. The highest BCUT2D eigenvalue weighted by Crippen LogP contribution is 2.29. The lowest BCUT2D eigenvalue weighted by Gasteiger charge is -2.15. The first-order chi connectivity index (χ1) is 12.6. The highest BCUT2D eigenvalue weighted by atomic mass is 19.2. The van der Waals surface area contributed by atoms with E-state index in [4.69, 9.17) is 4.42 Å². The lowest BCUT2D eigenvalue weighted by atomic mass is 10.1. The van der Waals surface area contributed by atoms with E-state index in [0.29, 0.717) is 24.0 Å². The van der Waals surface area contributed by atoms with Gasteiger partial charge in [-0.15, -0.1) is 10.2 Å². The molecule has 3 heterocycles. The first kappa shape index (κ1) is 16.7. The van der Waals surface area contributed by atoms with Crippen molar-refractivity contribution in [1.82, 2.24) is 25.1 Å². The molecule has 8 heteroatoms. The molecule has 0 radical (unpaired) electrons. The summed E-state index contributed by atoms with van der Waals surface area (Å²) in [6.45, 7) is 3.96. The monoisotopic (exact) mass is 357 g/mol. The van der Waals surface area contributed by atoms with Crippen molar-refractivity contribution in [1.29, 1.82) is 0 Å². The zero-order valence-corrected chi connectivity index (χ0v) is 14.2. The van der Waals surface area contributed by atoms with E-state index in [-0.39, 0.29) is 5.92 Å². The number of benzene rings is 1. The van der Waals surface area contributed by atoms with Crippen molar-refractivity contribution in [3.8, 4) is 11.6 Å². The van der Waals surface area contributed by atoms with Crippen molar-refractivity contribution in [2.75, 3.05) is 13.1 Å². The van der Waals surface area contributed by atoms with Gasteiger partial charge < -0.3 is 4.42 Å². The summed E-state index contributed by atoms with van der Waals surface area (Å²) < 4.78 is 32.1. The second kappa shape index (κ2) is 6.87. The lowest BCUT2D eigenvalue weighted by Crippen LogP contribution is -2.20. The van der Waals surface area contributed by atoms with Crippen LogP contribution in [-0.4, -0.2) is 38.2 Å². The molecule has 0 bridgehead atoms. The fraction of sp³-hybridized carbons (Fsp3) is 0.333. The van der Waals surface area contributed by atoms with E-state index in [1.165, 1.54) is 6.07 Å². The molecule has 3 aromatic rings. The third-order valence-corrected chi connectivity index (χ3v) is 4.45. The number of likely N-dealkylation sites (tertiary alicyclic amines) is 1. The lowest BCUT2D eigenvalue weighted by molar-refractivity contribution is 0.319. The van der Waals surface area contributed by atoms with Gasteiger partial charge in [-0.2, -0.15) is 0 Å². The van der Waals surface area contributed by atoms with Crippen LogP contribution in [-0.2, 0) is 6.54 Å². The van der Waals surface area contributed by atoms with Crippen LogP contribution in [0.5, 0.6) is 0 Å². The van der Waals surface area contributed by atoms with Gasteiger partial charge in [-0.3, -0.25) is 9.88 Å². The molecule has 0 N–H and O–H groups in total. The molecule has 1 aliphatic rings. The highest BCUT2D eigenvalue weighted by molar-refractivity contribution is 5.43. The Morgan fingerprint density at radius 2 is 2.04 bits per heavy atom. The average Bonchev–Trinajstić information content (AvgIpc) is 3.28. The minimum absolute atomic E-state index is 0.111. The number of rotatable bonds is 4. The van der Waals surface area contributed by atoms with Crippen LogP contribution >= 0.6 is 0 Å². The largest absolute Gasteiger partial charge is 0.419 e. The third kappa shape index (κ3) is 3.45. The normalized spacial score (nSPS) is 17.7. The average molecular weight is 357 g/mol. The Kier molecular flexibility index (Phi) is 4.42. The van der Waals surface area contributed by atoms with Gasteiger partial charge in [-0.25, -0.2) is 13.8 Å². The van der Waals surface area contributed by atoms with Gasteiger partial charge >= 0.3 is 0 Å². The molecule has 1 atom stereocenters. The van der Waals surface area contributed by atoms with Gasteiger partial charge in [0.25, 0.3) is 5.89 Å². The Morgan fingerprint density at radius 3 is 2.81 bits per heavy atom. The zero-order chi connectivity index (χ0) is 18.1. The molecule has 1 aliphatic heterocycles. The molecule has 0 saturated carbocycles. The summed E-state index contributed by atoms with van der Waals surface area (Å²) in [6, 6.07) is 4.00. The van der Waals surface area contributed by atoms with Crippen molar-refractivity contribution in [3.63, 3.8) is 0 Å². The predicted molar refractivity (Wildman–Crippen MR) is 89.1 cm³/mol. The summed E-state index contributed by atoms with van der Waals surface area (Å²) in [5, 5.41) is 8.21. The van der Waals surface area contributed by atoms with E-state index < -0.39 is 11.6 Å². The standard InChI is InChI=1S/C18H17F2N5O/c1-11-7-22-16(8-21-11)18-24-23-17(26-18)13-4-5-25(10-13)9-12-2-3-14(19)15(20)6-12/h2-3,6-8,13H,4-5,9-10H2,1H3/t13-/m0/s1. The minimum atomic E-state index is -0.828. The van der Waals surface area contributed by atoms with Crippen LogP contribution < -0.4 is 0 Å². The summed E-state index contributed by atoms with van der Waals surface area (Å²) in [5.74, 6) is -0.619. The number of hydrogen-bond acceptors (Lipinski definition) is 6. The van der Waals surface area contributed by atoms with Gasteiger partial charge in [0.1, 0.15) is 5.69 Å². The van der Waals surface area contributed by atoms with E-state index in [1.54, 1.807) is 18.5 Å². The number of hydrogen-bond donors (Lipinski definition) is 0. The van der Waals surface area contributed by atoms with E-state index in [1.807, 2.05) is 6.92 Å². The smallest absolute Gasteiger partial charge is 0.267 e. The maximum absolute atomic E-state index is 13.3. The first-order valence-corrected chi connectivity index (χ1v) is 8.37. The number of aromatic nitrogens is 4. The highest BCUT2D eigenvalue weighted by Gasteiger charge is 2.28. The molecule has 0 unspecified atom stereocenters. The Hall–Kier alpha value is -2.74. The van der Waals surface area contributed by atoms with Crippen LogP contribution in [0.4, 0.5) is 8.78 Å². The molecule has 0 aliphatic carbocycles. The maximum Gasteiger partial charge on any atom is 0.267 e. The summed E-state index contributed by atoms with van der Waals surface area (Å²) in [7, 11) is 0. The zero-order valence-electron chi connectivity index (χ0n) is 14.2. The molecule has 6 nitrogen and oxygen atoms in total. The summed E-state index contributed by atoms with van der Waals surface area (Å²) >= 11 is 0. The molecule has 26 heavy (non-hydrogen) atoms. The second-order valence-corrected chi connectivity index (χ2v) is 6.46. The molecule has 4 rings (SSSR count). The Balaban J connectivity index is 1.42. The number of nitrogens with zero attached hydrogens (tertiary/aromatic N) is 5. The molecule has 1 fully saturated rings. The van der Waals surface area contributed by atoms with E-state index in [9.17, 15) is 8.78 Å². The van der Waals surface area contributed by atoms with Crippen molar-refractivity contribution >= 4 is 0 Å². The topological polar surface area (TPSA) is 67.9 Å². The van der Waals surface area contributed by atoms with Gasteiger partial charge in [0.05, 0.1) is 17.8 Å². The van der Waals surface area contributed by atoms with Crippen molar-refractivity contribution in [2.45, 2.75) is 25.8 Å². The fourth-order valence-electron chi connectivity index (χ4n) is 3.08. The molecule has 1 aromatic carbocycles. The van der Waals surface area contributed by atoms with Gasteiger partial charge in [0.2, 0.25) is 5.89 Å². The van der Waals surface area contributed by atoms with E-state index >= 15 is 0 Å². The quantitative estimate of drug-likeness (QED) is 0.715. The molecular formula is C18H17F2N5O. The Labute approximate surface area is 148 Å². The molecule has 0 spiro atoms. The maximum atomic E-state index is 13.3. The van der Waals surface area contributed by atoms with Gasteiger partial charge in [-0.05, 0) is 37.6 Å². The Bertz CT molecular complexity index is 912. The van der Waals surface area contributed by atoms with E-state index in [2.05, 4.69) is 25.1 Å². The van der Waals surface area contributed by atoms with Gasteiger partial charge in [0, 0.05) is 19.3 Å². The van der Waals surface area contributed by atoms with Crippen LogP contribution in [0.3, 0.4) is 0 Å². The van der Waals surface area contributed by atoms with Crippen LogP contribution in [0.25, 0.3) is 11.6 Å². The minimum Gasteiger partial charge on any atom is -0.419 e. The molecule has 1 saturated heterocycles. The molecule has 134 valence electrons. The van der Waals surface area contributed by atoms with Crippen LogP contribution in [0.1, 0.15) is 29.5 Å². The fourth-order valence-corrected chi connectivity index (χ4v) is 3.08. The molecule has 0 amide bonds. The van der Waals surface area contributed by atoms with Crippen molar-refractivity contribution < 1.29 is 13.2 Å². The summed E-state index contributed by atoms with van der Waals surface area (Å²) in [6.07, 6.45) is 4.12. The summed E-state index contributed by atoms with van der Waals surface area (Å²) in [4.78, 5) is 10.6. The predicted octanol–water partition coefficient (Wildman–Crippen LogP) is 3.10. The number of halogens is 2. The second-order valence-electron chi connectivity index (χ2n) is 6.46. The Morgan fingerprint density at radius 1 is 1.15 bits per heavy atom. The van der Waals surface area contributed by atoms with Crippen molar-refractivity contribution in [2.24, 2.45) is 0 Å². The van der Waals surface area contributed by atoms with Crippen molar-refractivity contribution in [3.05, 3.63) is 59.4 Å². The number of aryl methyl sites for hydroxylation is 1. The third-order valence-electron chi connectivity index (χ3n) is 4.45. The van der Waals surface area contributed by atoms with E-state index in [0.717, 1.165) is 36.8 Å². The van der Waals surface area contributed by atoms with Crippen LogP contribution in [0.15, 0.2) is 35.0 Å². The van der Waals surface area contributed by atoms with Gasteiger partial charge in [-0.1, -0.05) is 6.07 Å². The molecule has 2 aromatic heterocycles. The first-order valence-electron chi connectivity index (χ1n) is 8.37. The molecular weight excluding hydrogens is 340 g/mol.